The fourth-order valence-corrected chi connectivity index (χ4v) is 6.69. The summed E-state index contributed by atoms with van der Waals surface area (Å²) in [5.41, 5.74) is -3.23. The molecule has 0 aliphatic carbocycles. The molecule has 0 bridgehead atoms. The molecule has 18 heteroatoms. The molecule has 1 rings (SSSR count). The van der Waals surface area contributed by atoms with E-state index in [-0.39, 0.29) is 6.42 Å². The van der Waals surface area contributed by atoms with Crippen molar-refractivity contribution in [3.05, 3.63) is 12.2 Å². The zero-order valence-corrected chi connectivity index (χ0v) is 31.5. The molecule has 0 spiro atoms. The van der Waals surface area contributed by atoms with Crippen LogP contribution in [-0.2, 0) is 19.1 Å². The second kappa shape index (κ2) is 24.0. The van der Waals surface area contributed by atoms with Gasteiger partial charge in [0.1, 0.15) is 61.0 Å². The van der Waals surface area contributed by atoms with Crippen molar-refractivity contribution in [3.8, 4) is 0 Å². The fourth-order valence-electron chi connectivity index (χ4n) is 6.69. The van der Waals surface area contributed by atoms with Gasteiger partial charge in [-0.15, -0.1) is 0 Å². The molecule has 1 fully saturated rings. The molecular weight excluding hydrogens is 720 g/mol. The Hall–Kier alpha value is -1.88. The van der Waals surface area contributed by atoms with E-state index in [1.807, 2.05) is 6.92 Å². The van der Waals surface area contributed by atoms with E-state index in [4.69, 9.17) is 14.6 Å². The van der Waals surface area contributed by atoms with Gasteiger partial charge in [0.25, 0.3) is 0 Å². The summed E-state index contributed by atoms with van der Waals surface area (Å²) in [6, 6.07) is 0. The van der Waals surface area contributed by atoms with Crippen LogP contribution in [0.5, 0.6) is 0 Å². The highest BCUT2D eigenvalue weighted by molar-refractivity contribution is 5.82. The van der Waals surface area contributed by atoms with Gasteiger partial charge in [-0.3, -0.25) is 4.79 Å². The minimum Gasteiger partial charge on any atom is -0.481 e. The number of aliphatic hydroxyl groups excluding tert-OH is 11. The van der Waals surface area contributed by atoms with Gasteiger partial charge < -0.3 is 81.0 Å². The van der Waals surface area contributed by atoms with Crippen LogP contribution in [0.4, 0.5) is 0 Å². The van der Waals surface area contributed by atoms with Crippen molar-refractivity contribution in [1.29, 1.82) is 0 Å². The monoisotopic (exact) mass is 786 g/mol. The normalized spacial score (nSPS) is 26.6. The first-order valence-electron chi connectivity index (χ1n) is 18.9. The second-order valence-corrected chi connectivity index (χ2v) is 14.5. The summed E-state index contributed by atoms with van der Waals surface area (Å²) >= 11 is 0. The molecule has 0 aromatic heterocycles. The highest BCUT2D eigenvalue weighted by atomic mass is 16.6. The molecule has 54 heavy (non-hydrogen) atoms. The summed E-state index contributed by atoms with van der Waals surface area (Å²) in [5.74, 6) is -6.59. The molecule has 0 aromatic rings. The van der Waals surface area contributed by atoms with Gasteiger partial charge in [0, 0.05) is 12.5 Å². The summed E-state index contributed by atoms with van der Waals surface area (Å²) in [6.45, 7) is 4.13. The Balaban J connectivity index is 3.63. The van der Waals surface area contributed by atoms with Crippen molar-refractivity contribution < 1.29 is 90.6 Å². The Kier molecular flexibility index (Phi) is 22.3. The third-order valence-electron chi connectivity index (χ3n) is 10.3. The van der Waals surface area contributed by atoms with Gasteiger partial charge in [0.15, 0.2) is 17.3 Å². The highest BCUT2D eigenvalue weighted by Gasteiger charge is 2.67. The summed E-state index contributed by atoms with van der Waals surface area (Å²) in [7, 11) is 0. The Morgan fingerprint density at radius 2 is 1.20 bits per heavy atom. The van der Waals surface area contributed by atoms with E-state index in [2.05, 4.69) is 6.92 Å². The molecule has 0 radical (unpaired) electrons. The number of hydrogen-bond acceptors (Lipinski definition) is 17. The van der Waals surface area contributed by atoms with Crippen LogP contribution < -0.4 is 0 Å². The van der Waals surface area contributed by atoms with E-state index < -0.39 is 122 Å². The summed E-state index contributed by atoms with van der Waals surface area (Å²) in [6.07, 6.45) is -21.1. The van der Waals surface area contributed by atoms with Gasteiger partial charge in [-0.1, -0.05) is 71.3 Å². The number of hydrogen-bond donors (Lipinski definition) is 14. The van der Waals surface area contributed by atoms with Crippen LogP contribution >= 0.6 is 0 Å². The number of carbonyl (C=O) groups excluding carboxylic acids is 1. The topological polar surface area (TPSA) is 336 Å². The molecule has 0 amide bonds. The van der Waals surface area contributed by atoms with Gasteiger partial charge in [-0.05, 0) is 32.6 Å². The quantitative estimate of drug-likeness (QED) is 0.0180. The number of carboxylic acids is 1. The maximum absolute atomic E-state index is 13.4. The zero-order valence-electron chi connectivity index (χ0n) is 31.5. The molecule has 14 atom stereocenters. The lowest BCUT2D eigenvalue weighted by Gasteiger charge is -2.52. The molecule has 1 aliphatic heterocycles. The number of carbonyl (C=O) groups is 2. The number of unbranched alkanes of at least 4 members (excludes halogenated alkanes) is 9. The molecule has 1 aliphatic rings. The lowest BCUT2D eigenvalue weighted by Crippen LogP contribution is -2.71. The lowest BCUT2D eigenvalue weighted by molar-refractivity contribution is -0.325. The standard InChI is InChI=1S/C36H66O18/c1-4-6-8-10-11-12-14-16-23(40)54-32-31(48)24(41)20(3)53-33(32)35(34(49)50,36(51,52)17-15-13-9-7-5-2)18-21(38)25(42)27(44)29(46)30(47)28(45)26(43)22(39)19-37/h14,16,20-22,24-33,37-39,41-48,51-52H,4-13,15,17-19H2,1-3H3,(H,49,50)/t20-,21?,22?,24-,25?,26?,27?,28?,29?,30?,31+,32+,33+,35?/m0/s1. The first-order chi connectivity index (χ1) is 25.3. The molecule has 9 unspecified atom stereocenters. The van der Waals surface area contributed by atoms with Crippen LogP contribution in [0.3, 0.4) is 0 Å². The van der Waals surface area contributed by atoms with Crippen molar-refractivity contribution in [1.82, 2.24) is 0 Å². The van der Waals surface area contributed by atoms with Crippen molar-refractivity contribution >= 4 is 11.9 Å². The average Bonchev–Trinajstić information content (AvgIpc) is 3.13. The van der Waals surface area contributed by atoms with Crippen molar-refractivity contribution in [2.75, 3.05) is 6.61 Å². The summed E-state index contributed by atoms with van der Waals surface area (Å²) in [4.78, 5) is 26.4. The fraction of sp³-hybridized carbons (Fsp3) is 0.889. The summed E-state index contributed by atoms with van der Waals surface area (Å²) < 4.78 is 11.2. The van der Waals surface area contributed by atoms with E-state index in [9.17, 15) is 76.0 Å². The van der Waals surface area contributed by atoms with E-state index in [1.165, 1.54) is 13.0 Å². The van der Waals surface area contributed by atoms with E-state index >= 15 is 0 Å². The smallest absolute Gasteiger partial charge is 0.330 e. The number of allylic oxidation sites excluding steroid dienone is 1. The minimum absolute atomic E-state index is 0.00696. The van der Waals surface area contributed by atoms with Crippen LogP contribution in [0, 0.1) is 5.41 Å². The Bertz CT molecular complexity index is 1110. The predicted octanol–water partition coefficient (Wildman–Crippen LogP) is -2.29. The van der Waals surface area contributed by atoms with Crippen molar-refractivity contribution in [2.24, 2.45) is 5.41 Å². The van der Waals surface area contributed by atoms with Crippen LogP contribution in [-0.4, -0.2) is 175 Å². The maximum Gasteiger partial charge on any atom is 0.330 e. The number of aliphatic carboxylic acids is 1. The van der Waals surface area contributed by atoms with E-state index in [0.717, 1.165) is 51.0 Å². The maximum atomic E-state index is 13.4. The number of aliphatic hydroxyl groups is 13. The SMILES string of the molecule is CCCCCCCC=CC(=O)O[C@@H]1[C@H](O)[C@@H](O)[C@H](C)O[C@H]1C(CC(O)C(O)C(O)C(O)C(O)C(O)C(O)C(O)CO)(C(=O)O)C(O)(O)CCCCCCC. The number of esters is 1. The van der Waals surface area contributed by atoms with Crippen molar-refractivity contribution in [2.45, 2.75) is 189 Å². The Morgan fingerprint density at radius 3 is 1.70 bits per heavy atom. The number of carboxylic acid groups (broad SMARTS) is 1. The molecule has 318 valence electrons. The molecule has 0 saturated carbocycles. The van der Waals surface area contributed by atoms with E-state index in [0.29, 0.717) is 19.3 Å². The van der Waals surface area contributed by atoms with Gasteiger partial charge in [-0.25, -0.2) is 4.79 Å². The van der Waals surface area contributed by atoms with Crippen LogP contribution in [0.2, 0.25) is 0 Å². The number of ether oxygens (including phenoxy) is 2. The van der Waals surface area contributed by atoms with Gasteiger partial charge in [-0.2, -0.15) is 0 Å². The third kappa shape index (κ3) is 13.4. The van der Waals surface area contributed by atoms with Crippen LogP contribution in [0.15, 0.2) is 12.2 Å². The Morgan fingerprint density at radius 1 is 0.722 bits per heavy atom. The predicted molar refractivity (Wildman–Crippen MR) is 189 cm³/mol. The van der Waals surface area contributed by atoms with Gasteiger partial charge in [0.2, 0.25) is 0 Å². The van der Waals surface area contributed by atoms with Gasteiger partial charge in [0.05, 0.1) is 18.8 Å². The van der Waals surface area contributed by atoms with Crippen LogP contribution in [0.1, 0.15) is 104 Å². The van der Waals surface area contributed by atoms with Crippen LogP contribution in [0.25, 0.3) is 0 Å². The molecule has 0 aromatic carbocycles. The first kappa shape index (κ1) is 50.1. The molecule has 18 nitrogen and oxygen atoms in total. The van der Waals surface area contributed by atoms with E-state index in [1.54, 1.807) is 0 Å². The molecule has 1 saturated heterocycles. The minimum atomic E-state index is -3.39. The molecular formula is C36H66O18. The van der Waals surface area contributed by atoms with Gasteiger partial charge >= 0.3 is 11.9 Å². The molecule has 14 N–H and O–H groups in total. The average molecular weight is 787 g/mol. The second-order valence-electron chi connectivity index (χ2n) is 14.5. The third-order valence-corrected chi connectivity index (χ3v) is 10.3. The largest absolute Gasteiger partial charge is 0.481 e. The first-order valence-corrected chi connectivity index (χ1v) is 18.9. The highest BCUT2D eigenvalue weighted by Crippen LogP contribution is 2.48. The number of rotatable bonds is 27. The summed E-state index contributed by atoms with van der Waals surface area (Å²) in [5, 5.41) is 148. The van der Waals surface area contributed by atoms with Crippen molar-refractivity contribution in [3.63, 3.8) is 0 Å². The Labute approximate surface area is 315 Å². The zero-order chi connectivity index (χ0) is 41.4. The lowest BCUT2D eigenvalue weighted by atomic mass is 9.64. The molecule has 1 heterocycles.